The van der Waals surface area contributed by atoms with Crippen LogP contribution in [0, 0.1) is 5.41 Å². The smallest absolute Gasteiger partial charge is 0.227 e. The number of hydrogen-bond acceptors (Lipinski definition) is 3. The number of likely N-dealkylation sites (tertiary alicyclic amines) is 1. The van der Waals surface area contributed by atoms with E-state index in [0.717, 1.165) is 56.5 Å². The van der Waals surface area contributed by atoms with Crippen molar-refractivity contribution in [2.45, 2.75) is 44.6 Å². The van der Waals surface area contributed by atoms with Gasteiger partial charge in [0, 0.05) is 18.5 Å². The Kier molecular flexibility index (Phi) is 4.39. The van der Waals surface area contributed by atoms with E-state index in [4.69, 9.17) is 4.74 Å². The van der Waals surface area contributed by atoms with E-state index >= 15 is 0 Å². The lowest BCUT2D eigenvalue weighted by atomic mass is 9.76. The van der Waals surface area contributed by atoms with Gasteiger partial charge in [-0.3, -0.25) is 4.79 Å². The molecule has 1 aliphatic carbocycles. The van der Waals surface area contributed by atoms with Crippen molar-refractivity contribution in [1.29, 1.82) is 0 Å². The number of amides is 1. The molecular weight excluding hydrogens is 278 g/mol. The summed E-state index contributed by atoms with van der Waals surface area (Å²) in [6.45, 7) is 1.54. The summed E-state index contributed by atoms with van der Waals surface area (Å²) >= 11 is 0. The maximum atomic E-state index is 12.6. The molecule has 22 heavy (non-hydrogen) atoms. The molecule has 1 aliphatic heterocycles. The minimum Gasteiger partial charge on any atom is -0.497 e. The molecule has 0 radical (unpaired) electrons. The maximum absolute atomic E-state index is 12.6. The van der Waals surface area contributed by atoms with Crippen molar-refractivity contribution in [2.24, 2.45) is 5.41 Å². The molecule has 2 fully saturated rings. The van der Waals surface area contributed by atoms with Gasteiger partial charge in [-0.2, -0.15) is 0 Å². The van der Waals surface area contributed by atoms with Crippen LogP contribution in [0.5, 0.6) is 5.75 Å². The molecular formula is C18H25NO3. The molecule has 0 bridgehead atoms. The molecule has 4 nitrogen and oxygen atoms in total. The fourth-order valence-corrected chi connectivity index (χ4v) is 4.04. The van der Waals surface area contributed by atoms with Crippen molar-refractivity contribution in [3.63, 3.8) is 0 Å². The van der Waals surface area contributed by atoms with E-state index in [2.05, 4.69) is 0 Å². The van der Waals surface area contributed by atoms with Gasteiger partial charge in [0.25, 0.3) is 0 Å². The topological polar surface area (TPSA) is 49.8 Å². The minimum absolute atomic E-state index is 0.0394. The molecule has 1 N–H and O–H groups in total. The zero-order chi connectivity index (χ0) is 15.6. The number of hydrogen-bond donors (Lipinski definition) is 1. The van der Waals surface area contributed by atoms with Crippen molar-refractivity contribution in [1.82, 2.24) is 4.90 Å². The highest BCUT2D eigenvalue weighted by molar-refractivity contribution is 5.79. The Morgan fingerprint density at radius 2 is 2.23 bits per heavy atom. The van der Waals surface area contributed by atoms with Crippen molar-refractivity contribution in [2.75, 3.05) is 20.2 Å². The van der Waals surface area contributed by atoms with Gasteiger partial charge >= 0.3 is 0 Å². The molecule has 3 rings (SSSR count). The average molecular weight is 303 g/mol. The monoisotopic (exact) mass is 303 g/mol. The zero-order valence-corrected chi connectivity index (χ0v) is 13.3. The highest BCUT2D eigenvalue weighted by Gasteiger charge is 2.45. The third kappa shape index (κ3) is 2.98. The summed E-state index contributed by atoms with van der Waals surface area (Å²) in [7, 11) is 1.64. The number of benzene rings is 1. The van der Waals surface area contributed by atoms with Crippen LogP contribution in [0.25, 0.3) is 0 Å². The van der Waals surface area contributed by atoms with Crippen LogP contribution in [-0.4, -0.2) is 42.2 Å². The fraction of sp³-hybridized carbons (Fsp3) is 0.611. The number of ether oxygens (including phenoxy) is 1. The normalized spacial score (nSPS) is 28.1. The van der Waals surface area contributed by atoms with Gasteiger partial charge in [0.2, 0.25) is 5.91 Å². The first kappa shape index (κ1) is 15.3. The van der Waals surface area contributed by atoms with Gasteiger partial charge < -0.3 is 14.7 Å². The van der Waals surface area contributed by atoms with Gasteiger partial charge in [-0.15, -0.1) is 0 Å². The van der Waals surface area contributed by atoms with Gasteiger partial charge in [-0.05, 0) is 43.4 Å². The minimum atomic E-state index is -0.236. The van der Waals surface area contributed by atoms with Crippen molar-refractivity contribution in [3.8, 4) is 5.75 Å². The molecule has 0 unspecified atom stereocenters. The lowest BCUT2D eigenvalue weighted by Gasteiger charge is -2.42. The van der Waals surface area contributed by atoms with Crippen molar-refractivity contribution >= 4 is 5.91 Å². The quantitative estimate of drug-likeness (QED) is 0.933. The molecule has 2 aliphatic rings. The number of piperidine rings is 1. The molecule has 1 aromatic carbocycles. The second-order valence-electron chi connectivity index (χ2n) is 6.72. The van der Waals surface area contributed by atoms with Crippen LogP contribution < -0.4 is 4.74 Å². The van der Waals surface area contributed by atoms with Crippen molar-refractivity contribution < 1.29 is 14.6 Å². The van der Waals surface area contributed by atoms with Crippen LogP contribution in [0.2, 0.25) is 0 Å². The number of nitrogens with zero attached hydrogens (tertiary/aromatic N) is 1. The maximum Gasteiger partial charge on any atom is 0.227 e. The first-order valence-corrected chi connectivity index (χ1v) is 8.22. The molecule has 1 saturated heterocycles. The molecule has 2 atom stereocenters. The molecule has 1 spiro atoms. The van der Waals surface area contributed by atoms with Gasteiger partial charge in [-0.1, -0.05) is 18.6 Å². The Labute approximate surface area is 132 Å². The largest absolute Gasteiger partial charge is 0.497 e. The summed E-state index contributed by atoms with van der Waals surface area (Å²) in [5.74, 6) is 0.943. The van der Waals surface area contributed by atoms with Crippen LogP contribution in [-0.2, 0) is 11.2 Å². The molecule has 1 saturated carbocycles. The molecule has 1 amide bonds. The van der Waals surface area contributed by atoms with Crippen LogP contribution in [0.3, 0.4) is 0 Å². The Bertz CT molecular complexity index is 545. The average Bonchev–Trinajstić information content (AvgIpc) is 2.88. The van der Waals surface area contributed by atoms with Crippen LogP contribution in [0.1, 0.15) is 37.7 Å². The standard InChI is InChI=1S/C18H25NO3/c1-22-15-6-2-5-14(11-15)12-17(21)19-10-4-9-18(13-19)8-3-7-16(18)20/h2,5-6,11,16,20H,3-4,7-10,12-13H2,1H3/t16-,18-/m1/s1. The SMILES string of the molecule is COc1cccc(CC(=O)N2CCC[C@]3(CCC[C@H]3O)C2)c1. The Balaban J connectivity index is 1.66. The highest BCUT2D eigenvalue weighted by atomic mass is 16.5. The number of carbonyl (C=O) groups excluding carboxylic acids is 1. The summed E-state index contributed by atoms with van der Waals surface area (Å²) in [6.07, 6.45) is 5.25. The lowest BCUT2D eigenvalue weighted by molar-refractivity contribution is -0.135. The predicted octanol–water partition coefficient (Wildman–Crippen LogP) is 2.39. The first-order valence-electron chi connectivity index (χ1n) is 8.22. The van der Waals surface area contributed by atoms with Gasteiger partial charge in [0.05, 0.1) is 19.6 Å². The Morgan fingerprint density at radius 3 is 2.95 bits per heavy atom. The number of rotatable bonds is 3. The zero-order valence-electron chi connectivity index (χ0n) is 13.3. The van der Waals surface area contributed by atoms with Gasteiger partial charge in [-0.25, -0.2) is 0 Å². The summed E-state index contributed by atoms with van der Waals surface area (Å²) in [4.78, 5) is 14.6. The van der Waals surface area contributed by atoms with E-state index < -0.39 is 0 Å². The second kappa shape index (κ2) is 6.29. The van der Waals surface area contributed by atoms with E-state index in [1.807, 2.05) is 29.2 Å². The fourth-order valence-electron chi connectivity index (χ4n) is 4.04. The van der Waals surface area contributed by atoms with E-state index in [1.165, 1.54) is 0 Å². The van der Waals surface area contributed by atoms with E-state index in [-0.39, 0.29) is 17.4 Å². The molecule has 1 aromatic rings. The highest BCUT2D eigenvalue weighted by Crippen LogP contribution is 2.45. The number of aliphatic hydroxyl groups is 1. The third-order valence-electron chi connectivity index (χ3n) is 5.31. The summed E-state index contributed by atoms with van der Waals surface area (Å²) in [5.41, 5.74) is 0.943. The molecule has 0 aromatic heterocycles. The number of methoxy groups -OCH3 is 1. The predicted molar refractivity (Wildman–Crippen MR) is 84.8 cm³/mol. The molecule has 1 heterocycles. The van der Waals surface area contributed by atoms with E-state index in [0.29, 0.717) is 6.42 Å². The first-order chi connectivity index (χ1) is 10.6. The molecule has 120 valence electrons. The van der Waals surface area contributed by atoms with Crippen LogP contribution >= 0.6 is 0 Å². The number of aliphatic hydroxyl groups excluding tert-OH is 1. The number of carbonyl (C=O) groups is 1. The summed E-state index contributed by atoms with van der Waals surface area (Å²) in [5, 5.41) is 10.3. The van der Waals surface area contributed by atoms with Gasteiger partial charge in [0.1, 0.15) is 5.75 Å². The van der Waals surface area contributed by atoms with Crippen LogP contribution in [0.4, 0.5) is 0 Å². The lowest BCUT2D eigenvalue weighted by Crippen LogP contribution is -2.49. The Morgan fingerprint density at radius 1 is 1.41 bits per heavy atom. The van der Waals surface area contributed by atoms with E-state index in [1.54, 1.807) is 7.11 Å². The second-order valence-corrected chi connectivity index (χ2v) is 6.72. The Hall–Kier alpha value is -1.55. The molecule has 4 heteroatoms. The summed E-state index contributed by atoms with van der Waals surface area (Å²) < 4.78 is 5.21. The van der Waals surface area contributed by atoms with Crippen LogP contribution in [0.15, 0.2) is 24.3 Å². The summed E-state index contributed by atoms with van der Waals surface area (Å²) in [6, 6.07) is 7.69. The van der Waals surface area contributed by atoms with Crippen molar-refractivity contribution in [3.05, 3.63) is 29.8 Å². The van der Waals surface area contributed by atoms with Gasteiger partial charge in [0.15, 0.2) is 0 Å². The third-order valence-corrected chi connectivity index (χ3v) is 5.31. The van der Waals surface area contributed by atoms with E-state index in [9.17, 15) is 9.90 Å².